The number of aromatic nitrogens is 1. The molecule has 0 radical (unpaired) electrons. The van der Waals surface area contributed by atoms with Gasteiger partial charge in [0.25, 0.3) is 5.91 Å². The van der Waals surface area contributed by atoms with Crippen LogP contribution < -0.4 is 15.4 Å². The summed E-state index contributed by atoms with van der Waals surface area (Å²) in [5.41, 5.74) is 0.180. The van der Waals surface area contributed by atoms with Crippen LogP contribution in [-0.4, -0.2) is 22.9 Å². The molecule has 0 spiro atoms. The van der Waals surface area contributed by atoms with Crippen LogP contribution in [0.15, 0.2) is 36.5 Å². The van der Waals surface area contributed by atoms with Gasteiger partial charge in [-0.15, -0.1) is 0 Å². The summed E-state index contributed by atoms with van der Waals surface area (Å²) in [7, 11) is 0. The Labute approximate surface area is 160 Å². The number of hydrogen-bond acceptors (Lipinski definition) is 4. The summed E-state index contributed by atoms with van der Waals surface area (Å²) in [6, 6.07) is 5.95. The first-order chi connectivity index (χ1) is 13.0. The molecule has 2 rings (SSSR count). The fourth-order valence-electron chi connectivity index (χ4n) is 2.15. The number of carbonyl (C=O) groups is 2. The number of hydrogen-bond donors (Lipinski definition) is 2. The van der Waals surface area contributed by atoms with Crippen molar-refractivity contribution < 1.29 is 27.5 Å². The molecule has 0 aliphatic rings. The molecular formula is C19H20F3N3O3. The highest BCUT2D eigenvalue weighted by atomic mass is 19.3. The molecule has 2 N–H and O–H groups in total. The zero-order valence-electron chi connectivity index (χ0n) is 15.6. The maximum Gasteiger partial charge on any atom is 0.394 e. The second kappa shape index (κ2) is 8.73. The number of amides is 2. The third-order valence-electron chi connectivity index (χ3n) is 3.55. The first-order valence-corrected chi connectivity index (χ1v) is 8.45. The van der Waals surface area contributed by atoms with Crippen LogP contribution in [0.4, 0.5) is 19.0 Å². The fourth-order valence-corrected chi connectivity index (χ4v) is 2.15. The SMILES string of the molecule is CC(C)C(=O)Nc1cc(C(=O)NCc2cc(OC(C)(F)F)ccc2F)ccn1. The van der Waals surface area contributed by atoms with Crippen molar-refractivity contribution in [3.8, 4) is 5.75 Å². The highest BCUT2D eigenvalue weighted by Gasteiger charge is 2.23. The van der Waals surface area contributed by atoms with Crippen LogP contribution in [-0.2, 0) is 11.3 Å². The summed E-state index contributed by atoms with van der Waals surface area (Å²) in [5.74, 6) is -1.75. The first-order valence-electron chi connectivity index (χ1n) is 8.45. The number of carbonyl (C=O) groups excluding carboxylic acids is 2. The molecule has 0 bridgehead atoms. The molecule has 1 heterocycles. The largest absolute Gasteiger partial charge is 0.433 e. The Morgan fingerprint density at radius 2 is 1.93 bits per heavy atom. The van der Waals surface area contributed by atoms with Crippen molar-refractivity contribution in [3.05, 3.63) is 53.5 Å². The zero-order valence-corrected chi connectivity index (χ0v) is 15.6. The summed E-state index contributed by atoms with van der Waals surface area (Å²) in [4.78, 5) is 28.0. The normalized spacial score (nSPS) is 11.2. The monoisotopic (exact) mass is 395 g/mol. The van der Waals surface area contributed by atoms with E-state index in [1.165, 1.54) is 18.3 Å². The molecule has 0 saturated carbocycles. The first kappa shape index (κ1) is 21.2. The molecule has 2 aromatic rings. The molecule has 150 valence electrons. The van der Waals surface area contributed by atoms with Gasteiger partial charge in [-0.1, -0.05) is 13.8 Å². The smallest absolute Gasteiger partial charge is 0.394 e. The van der Waals surface area contributed by atoms with E-state index in [0.29, 0.717) is 6.92 Å². The van der Waals surface area contributed by atoms with E-state index in [9.17, 15) is 22.8 Å². The Hall–Kier alpha value is -3.10. The van der Waals surface area contributed by atoms with Gasteiger partial charge in [0.2, 0.25) is 5.91 Å². The Morgan fingerprint density at radius 1 is 1.21 bits per heavy atom. The van der Waals surface area contributed by atoms with Crippen molar-refractivity contribution in [2.75, 3.05) is 5.32 Å². The molecule has 1 aromatic heterocycles. The number of nitrogens with one attached hydrogen (secondary N) is 2. The number of halogens is 3. The molecule has 0 atom stereocenters. The van der Waals surface area contributed by atoms with Gasteiger partial charge in [0.05, 0.1) is 0 Å². The lowest BCUT2D eigenvalue weighted by Crippen LogP contribution is -2.24. The Kier molecular flexibility index (Phi) is 6.61. The lowest BCUT2D eigenvalue weighted by molar-refractivity contribution is -0.159. The summed E-state index contributed by atoms with van der Waals surface area (Å²) in [5, 5.41) is 5.06. The number of rotatable bonds is 7. The van der Waals surface area contributed by atoms with E-state index in [0.717, 1.165) is 18.2 Å². The van der Waals surface area contributed by atoms with Crippen molar-refractivity contribution in [3.63, 3.8) is 0 Å². The van der Waals surface area contributed by atoms with Gasteiger partial charge < -0.3 is 15.4 Å². The number of ether oxygens (including phenoxy) is 1. The summed E-state index contributed by atoms with van der Waals surface area (Å²) >= 11 is 0. The van der Waals surface area contributed by atoms with Gasteiger partial charge in [-0.3, -0.25) is 9.59 Å². The van der Waals surface area contributed by atoms with Crippen LogP contribution in [0.3, 0.4) is 0 Å². The fraction of sp³-hybridized carbons (Fsp3) is 0.316. The van der Waals surface area contributed by atoms with Crippen molar-refractivity contribution in [1.82, 2.24) is 10.3 Å². The Balaban J connectivity index is 2.06. The number of nitrogens with zero attached hydrogens (tertiary/aromatic N) is 1. The average molecular weight is 395 g/mol. The number of pyridine rings is 1. The molecule has 28 heavy (non-hydrogen) atoms. The van der Waals surface area contributed by atoms with Crippen LogP contribution in [0.5, 0.6) is 5.75 Å². The van der Waals surface area contributed by atoms with E-state index in [4.69, 9.17) is 0 Å². The van der Waals surface area contributed by atoms with Crippen molar-refractivity contribution >= 4 is 17.6 Å². The summed E-state index contributed by atoms with van der Waals surface area (Å²) in [6.07, 6.45) is -2.06. The maximum absolute atomic E-state index is 13.9. The second-order valence-electron chi connectivity index (χ2n) is 6.42. The number of anilines is 1. The van der Waals surface area contributed by atoms with E-state index in [-0.39, 0.29) is 41.1 Å². The molecule has 0 saturated heterocycles. The lowest BCUT2D eigenvalue weighted by Gasteiger charge is -2.14. The Morgan fingerprint density at radius 3 is 2.57 bits per heavy atom. The molecular weight excluding hydrogens is 375 g/mol. The van der Waals surface area contributed by atoms with E-state index in [2.05, 4.69) is 20.4 Å². The van der Waals surface area contributed by atoms with Gasteiger partial charge in [0.15, 0.2) is 0 Å². The van der Waals surface area contributed by atoms with Crippen LogP contribution >= 0.6 is 0 Å². The van der Waals surface area contributed by atoms with Gasteiger partial charge in [-0.25, -0.2) is 9.37 Å². The van der Waals surface area contributed by atoms with Crippen LogP contribution in [0, 0.1) is 11.7 Å². The van der Waals surface area contributed by atoms with Crippen molar-refractivity contribution in [1.29, 1.82) is 0 Å². The zero-order chi connectivity index (χ0) is 20.9. The minimum absolute atomic E-state index is 0.0162. The van der Waals surface area contributed by atoms with E-state index in [1.807, 2.05) is 0 Å². The van der Waals surface area contributed by atoms with Gasteiger partial charge in [-0.2, -0.15) is 8.78 Å². The molecule has 0 unspecified atom stereocenters. The van der Waals surface area contributed by atoms with Gasteiger partial charge in [0, 0.05) is 36.7 Å². The lowest BCUT2D eigenvalue weighted by atomic mass is 10.2. The van der Waals surface area contributed by atoms with E-state index < -0.39 is 17.8 Å². The van der Waals surface area contributed by atoms with Crippen LogP contribution in [0.25, 0.3) is 0 Å². The van der Waals surface area contributed by atoms with Crippen LogP contribution in [0.2, 0.25) is 0 Å². The average Bonchev–Trinajstić information content (AvgIpc) is 2.60. The highest BCUT2D eigenvalue weighted by Crippen LogP contribution is 2.23. The van der Waals surface area contributed by atoms with E-state index in [1.54, 1.807) is 13.8 Å². The van der Waals surface area contributed by atoms with Gasteiger partial charge in [0.1, 0.15) is 17.4 Å². The standard InChI is InChI=1S/C19H20F3N3O3/c1-11(2)17(26)25-16-9-12(6-7-23-16)18(27)24-10-13-8-14(4-5-15(13)20)28-19(3,21)22/h4-9,11H,10H2,1-3H3,(H,24,27)(H,23,25,26). The molecule has 0 aliphatic carbocycles. The predicted molar refractivity (Wildman–Crippen MR) is 96.5 cm³/mol. The topological polar surface area (TPSA) is 80.3 Å². The predicted octanol–water partition coefficient (Wildman–Crippen LogP) is 3.74. The number of benzene rings is 1. The molecule has 0 aliphatic heterocycles. The molecule has 9 heteroatoms. The van der Waals surface area contributed by atoms with Crippen molar-refractivity contribution in [2.24, 2.45) is 5.92 Å². The van der Waals surface area contributed by atoms with Gasteiger partial charge in [-0.05, 0) is 30.3 Å². The van der Waals surface area contributed by atoms with Crippen LogP contribution in [0.1, 0.15) is 36.7 Å². The highest BCUT2D eigenvalue weighted by molar-refractivity contribution is 5.96. The maximum atomic E-state index is 13.9. The molecule has 1 aromatic carbocycles. The van der Waals surface area contributed by atoms with Gasteiger partial charge >= 0.3 is 6.11 Å². The quantitative estimate of drug-likeness (QED) is 0.749. The minimum atomic E-state index is -3.41. The number of alkyl halides is 2. The molecule has 6 nitrogen and oxygen atoms in total. The van der Waals surface area contributed by atoms with E-state index >= 15 is 0 Å². The molecule has 2 amide bonds. The summed E-state index contributed by atoms with van der Waals surface area (Å²) < 4.78 is 44.2. The third-order valence-corrected chi connectivity index (χ3v) is 3.55. The summed E-state index contributed by atoms with van der Waals surface area (Å²) in [6.45, 7) is 3.75. The van der Waals surface area contributed by atoms with Crippen molar-refractivity contribution in [2.45, 2.75) is 33.4 Å². The Bertz CT molecular complexity index is 867. The third kappa shape index (κ3) is 6.26. The second-order valence-corrected chi connectivity index (χ2v) is 6.42. The molecule has 0 fully saturated rings. The minimum Gasteiger partial charge on any atom is -0.433 e.